The topological polar surface area (TPSA) is 81.8 Å². The van der Waals surface area contributed by atoms with Crippen molar-refractivity contribution < 1.29 is 14.4 Å². The van der Waals surface area contributed by atoms with Crippen LogP contribution >= 0.6 is 0 Å². The van der Waals surface area contributed by atoms with Crippen LogP contribution in [0, 0.1) is 0 Å². The summed E-state index contributed by atoms with van der Waals surface area (Å²) in [5.41, 5.74) is 2.77. The van der Waals surface area contributed by atoms with Crippen LogP contribution in [0.1, 0.15) is 31.0 Å². The van der Waals surface area contributed by atoms with Gasteiger partial charge in [0.25, 0.3) is 0 Å². The number of hydrogen-bond acceptors (Lipinski definition) is 4. The van der Waals surface area contributed by atoms with Crippen molar-refractivity contribution in [3.63, 3.8) is 0 Å². The molecule has 29 heavy (non-hydrogen) atoms. The Bertz CT molecular complexity index is 885. The first-order valence-corrected chi connectivity index (χ1v) is 9.68. The smallest absolute Gasteiger partial charge is 0.324 e. The van der Waals surface area contributed by atoms with E-state index in [1.165, 1.54) is 11.8 Å². The van der Waals surface area contributed by atoms with Crippen molar-refractivity contribution in [2.24, 2.45) is 0 Å². The summed E-state index contributed by atoms with van der Waals surface area (Å²) in [6, 6.07) is 17.1. The lowest BCUT2D eigenvalue weighted by molar-refractivity contribution is -0.129. The van der Waals surface area contributed by atoms with E-state index in [1.807, 2.05) is 66.4 Å². The maximum atomic E-state index is 12.8. The molecule has 2 N–H and O–H groups in total. The van der Waals surface area contributed by atoms with Gasteiger partial charge < -0.3 is 10.6 Å². The lowest BCUT2D eigenvalue weighted by atomic mass is 10.0. The van der Waals surface area contributed by atoms with Crippen molar-refractivity contribution in [1.82, 2.24) is 15.1 Å². The molecule has 3 rings (SSSR count). The number of nitrogens with zero attached hydrogens (tertiary/aromatic N) is 2. The third-order valence-electron chi connectivity index (χ3n) is 4.96. The van der Waals surface area contributed by atoms with E-state index < -0.39 is 0 Å². The molecule has 0 bridgehead atoms. The number of hydrogen-bond donors (Lipinski definition) is 2. The van der Waals surface area contributed by atoms with Crippen molar-refractivity contribution in [2.45, 2.75) is 26.4 Å². The molecule has 4 amide bonds. The molecule has 1 unspecified atom stereocenters. The summed E-state index contributed by atoms with van der Waals surface area (Å²) in [5, 5.41) is 5.46. The molecule has 2 aromatic rings. The van der Waals surface area contributed by atoms with Crippen LogP contribution in [0.25, 0.3) is 0 Å². The molecule has 1 atom stereocenters. The van der Waals surface area contributed by atoms with Crippen LogP contribution in [0.4, 0.5) is 10.5 Å². The standard InChI is InChI=1S/C22H26N4O3/c1-16(19-9-6-10-20(13-19)24-17(2)27)25(14-18-7-4-3-5-8-18)15-21(28)26-12-11-23-22(26)29/h3-10,13,16H,11-12,14-15H2,1-2H3,(H,23,29)(H,24,27). The van der Waals surface area contributed by atoms with Crippen LogP contribution in [0.3, 0.4) is 0 Å². The summed E-state index contributed by atoms with van der Waals surface area (Å²) in [6.45, 7) is 5.05. The van der Waals surface area contributed by atoms with Gasteiger partial charge in [0, 0.05) is 38.3 Å². The van der Waals surface area contributed by atoms with Gasteiger partial charge in [0.05, 0.1) is 6.54 Å². The number of rotatable bonds is 7. The first-order chi connectivity index (χ1) is 13.9. The van der Waals surface area contributed by atoms with Crippen LogP contribution in [-0.4, -0.2) is 47.3 Å². The Balaban J connectivity index is 1.82. The zero-order chi connectivity index (χ0) is 20.8. The Labute approximate surface area is 170 Å². The number of carbonyl (C=O) groups is 3. The average molecular weight is 394 g/mol. The average Bonchev–Trinajstić information content (AvgIpc) is 3.13. The second-order valence-electron chi connectivity index (χ2n) is 7.15. The van der Waals surface area contributed by atoms with Crippen LogP contribution in [0.15, 0.2) is 54.6 Å². The first kappa shape index (κ1) is 20.5. The van der Waals surface area contributed by atoms with E-state index in [9.17, 15) is 14.4 Å². The number of urea groups is 1. The normalized spacial score (nSPS) is 14.6. The van der Waals surface area contributed by atoms with Crippen LogP contribution < -0.4 is 10.6 Å². The summed E-state index contributed by atoms with van der Waals surface area (Å²) >= 11 is 0. The number of amides is 4. The fourth-order valence-electron chi connectivity index (χ4n) is 3.41. The predicted octanol–water partition coefficient (Wildman–Crippen LogP) is 2.76. The number of nitrogens with one attached hydrogen (secondary N) is 2. The van der Waals surface area contributed by atoms with Crippen LogP contribution in [-0.2, 0) is 16.1 Å². The van der Waals surface area contributed by atoms with Crippen LogP contribution in [0.2, 0.25) is 0 Å². The van der Waals surface area contributed by atoms with Gasteiger partial charge >= 0.3 is 6.03 Å². The molecule has 0 spiro atoms. The number of carbonyl (C=O) groups excluding carboxylic acids is 3. The highest BCUT2D eigenvalue weighted by Gasteiger charge is 2.29. The van der Waals surface area contributed by atoms with E-state index in [1.54, 1.807) is 0 Å². The zero-order valence-electron chi connectivity index (χ0n) is 16.7. The highest BCUT2D eigenvalue weighted by Crippen LogP contribution is 2.25. The van der Waals surface area contributed by atoms with E-state index >= 15 is 0 Å². The molecule has 1 saturated heterocycles. The summed E-state index contributed by atoms with van der Waals surface area (Å²) in [7, 11) is 0. The van der Waals surface area contributed by atoms with Gasteiger partial charge in [0.1, 0.15) is 0 Å². The van der Waals surface area contributed by atoms with E-state index in [4.69, 9.17) is 0 Å². The Hall–Kier alpha value is -3.19. The highest BCUT2D eigenvalue weighted by atomic mass is 16.2. The Kier molecular flexibility index (Phi) is 6.61. The SMILES string of the molecule is CC(=O)Nc1cccc(C(C)N(CC(=O)N2CCNC2=O)Cc2ccccc2)c1. The van der Waals surface area contributed by atoms with Gasteiger partial charge in [-0.15, -0.1) is 0 Å². The summed E-state index contributed by atoms with van der Waals surface area (Å²) in [6.07, 6.45) is 0. The first-order valence-electron chi connectivity index (χ1n) is 9.68. The predicted molar refractivity (Wildman–Crippen MR) is 111 cm³/mol. The minimum atomic E-state index is -0.338. The zero-order valence-corrected chi connectivity index (χ0v) is 16.7. The van der Waals surface area contributed by atoms with E-state index in [2.05, 4.69) is 10.6 Å². The Morgan fingerprint density at radius 1 is 1.17 bits per heavy atom. The molecular weight excluding hydrogens is 368 g/mol. The molecule has 1 aliphatic heterocycles. The van der Waals surface area contributed by atoms with Crippen molar-refractivity contribution in [3.8, 4) is 0 Å². The van der Waals surface area contributed by atoms with Crippen molar-refractivity contribution in [1.29, 1.82) is 0 Å². The third kappa shape index (κ3) is 5.42. The number of benzene rings is 2. The van der Waals surface area contributed by atoms with Crippen molar-refractivity contribution in [3.05, 3.63) is 65.7 Å². The largest absolute Gasteiger partial charge is 0.336 e. The highest BCUT2D eigenvalue weighted by molar-refractivity contribution is 5.96. The van der Waals surface area contributed by atoms with E-state index in [0.29, 0.717) is 25.3 Å². The number of imide groups is 1. The van der Waals surface area contributed by atoms with Crippen molar-refractivity contribution >= 4 is 23.5 Å². The molecule has 0 aromatic heterocycles. The monoisotopic (exact) mass is 394 g/mol. The molecule has 1 aliphatic rings. The van der Waals surface area contributed by atoms with Gasteiger partial charge in [-0.25, -0.2) is 4.79 Å². The molecule has 0 radical (unpaired) electrons. The Morgan fingerprint density at radius 2 is 1.93 bits per heavy atom. The molecule has 0 aliphatic carbocycles. The van der Waals surface area contributed by atoms with Gasteiger partial charge in [-0.2, -0.15) is 0 Å². The minimum Gasteiger partial charge on any atom is -0.336 e. The molecule has 7 nitrogen and oxygen atoms in total. The second kappa shape index (κ2) is 9.34. The lowest BCUT2D eigenvalue weighted by Gasteiger charge is -2.30. The Morgan fingerprint density at radius 3 is 2.59 bits per heavy atom. The fourth-order valence-corrected chi connectivity index (χ4v) is 3.41. The van der Waals surface area contributed by atoms with Gasteiger partial charge in [-0.05, 0) is 30.2 Å². The lowest BCUT2D eigenvalue weighted by Crippen LogP contribution is -2.42. The van der Waals surface area contributed by atoms with E-state index in [-0.39, 0.29) is 30.4 Å². The molecule has 2 aromatic carbocycles. The van der Waals surface area contributed by atoms with Gasteiger partial charge in [-0.3, -0.25) is 19.4 Å². The van der Waals surface area contributed by atoms with E-state index in [0.717, 1.165) is 11.1 Å². The number of anilines is 1. The van der Waals surface area contributed by atoms with Crippen molar-refractivity contribution in [2.75, 3.05) is 25.0 Å². The molecule has 0 saturated carbocycles. The summed E-state index contributed by atoms with van der Waals surface area (Å²) in [5.74, 6) is -0.355. The molecule has 152 valence electrons. The molecule has 7 heteroatoms. The molecule has 1 heterocycles. The summed E-state index contributed by atoms with van der Waals surface area (Å²) in [4.78, 5) is 39.3. The maximum Gasteiger partial charge on any atom is 0.324 e. The molecule has 1 fully saturated rings. The second-order valence-corrected chi connectivity index (χ2v) is 7.15. The summed E-state index contributed by atoms with van der Waals surface area (Å²) < 4.78 is 0. The third-order valence-corrected chi connectivity index (χ3v) is 4.96. The van der Waals surface area contributed by atoms with Gasteiger partial charge in [0.2, 0.25) is 11.8 Å². The minimum absolute atomic E-state index is 0.0986. The van der Waals surface area contributed by atoms with Crippen LogP contribution in [0.5, 0.6) is 0 Å². The molecular formula is C22H26N4O3. The quantitative estimate of drug-likeness (QED) is 0.757. The van der Waals surface area contributed by atoms with Gasteiger partial charge in [0.15, 0.2) is 0 Å². The maximum absolute atomic E-state index is 12.8. The fraction of sp³-hybridized carbons (Fsp3) is 0.318. The van der Waals surface area contributed by atoms with Gasteiger partial charge in [-0.1, -0.05) is 42.5 Å².